The van der Waals surface area contributed by atoms with E-state index in [1.165, 1.54) is 4.80 Å². The fourth-order valence-electron chi connectivity index (χ4n) is 1.10. The summed E-state index contributed by atoms with van der Waals surface area (Å²) in [5.41, 5.74) is 1.70. The van der Waals surface area contributed by atoms with E-state index < -0.39 is 0 Å². The van der Waals surface area contributed by atoms with E-state index in [4.69, 9.17) is 6.42 Å². The highest BCUT2D eigenvalue weighted by molar-refractivity contribution is 9.10. The zero-order valence-electron chi connectivity index (χ0n) is 6.74. The van der Waals surface area contributed by atoms with Crippen molar-refractivity contribution in [1.29, 1.82) is 0 Å². The van der Waals surface area contributed by atoms with Crippen LogP contribution in [-0.2, 0) is 6.54 Å². The maximum atomic E-state index is 5.16. The third kappa shape index (κ3) is 1.43. The molecule has 0 spiro atoms. The smallest absolute Gasteiger partial charge is 0.127 e. The highest BCUT2D eigenvalue weighted by Crippen LogP contribution is 2.19. The van der Waals surface area contributed by atoms with Gasteiger partial charge in [-0.15, -0.1) is 6.42 Å². The van der Waals surface area contributed by atoms with Gasteiger partial charge in [0.1, 0.15) is 17.6 Å². The first kappa shape index (κ1) is 8.27. The van der Waals surface area contributed by atoms with Crippen LogP contribution in [0.5, 0.6) is 0 Å². The Morgan fingerprint density at radius 1 is 1.46 bits per heavy atom. The number of aromatic nitrogens is 3. The Bertz CT molecular complexity index is 481. The molecule has 0 fully saturated rings. The molecule has 2 rings (SSSR count). The molecule has 1 aromatic heterocycles. The lowest BCUT2D eigenvalue weighted by Crippen LogP contribution is -1.99. The number of hydrogen-bond donors (Lipinski definition) is 0. The molecule has 2 aromatic rings. The standard InChI is InChI=1S/C9H6BrN3/c1-2-6-13-11-8-5-3-4-7(10)9(8)12-13/h1,3-5H,6H2. The second kappa shape index (κ2) is 3.19. The second-order valence-electron chi connectivity index (χ2n) is 2.54. The summed E-state index contributed by atoms with van der Waals surface area (Å²) in [6, 6.07) is 5.75. The average Bonchev–Trinajstić information content (AvgIpc) is 2.49. The summed E-state index contributed by atoms with van der Waals surface area (Å²) in [6.45, 7) is 0.404. The Hall–Kier alpha value is -1.34. The van der Waals surface area contributed by atoms with E-state index in [-0.39, 0.29) is 0 Å². The van der Waals surface area contributed by atoms with Gasteiger partial charge in [0.15, 0.2) is 0 Å². The summed E-state index contributed by atoms with van der Waals surface area (Å²) in [5.74, 6) is 2.49. The summed E-state index contributed by atoms with van der Waals surface area (Å²) in [7, 11) is 0. The van der Waals surface area contributed by atoms with Gasteiger partial charge in [-0.05, 0) is 28.1 Å². The van der Waals surface area contributed by atoms with Crippen LogP contribution in [-0.4, -0.2) is 15.0 Å². The largest absolute Gasteiger partial charge is 0.171 e. The highest BCUT2D eigenvalue weighted by atomic mass is 79.9. The van der Waals surface area contributed by atoms with Crippen LogP contribution in [0.15, 0.2) is 22.7 Å². The van der Waals surface area contributed by atoms with Gasteiger partial charge < -0.3 is 0 Å². The summed E-state index contributed by atoms with van der Waals surface area (Å²) < 4.78 is 0.938. The zero-order valence-corrected chi connectivity index (χ0v) is 8.32. The van der Waals surface area contributed by atoms with Crippen molar-refractivity contribution in [2.24, 2.45) is 0 Å². The molecule has 13 heavy (non-hydrogen) atoms. The van der Waals surface area contributed by atoms with E-state index in [0.29, 0.717) is 6.54 Å². The van der Waals surface area contributed by atoms with Crippen LogP contribution >= 0.6 is 15.9 Å². The zero-order chi connectivity index (χ0) is 9.26. The SMILES string of the molecule is C#CCn1nc2cccc(Br)c2n1. The van der Waals surface area contributed by atoms with Gasteiger partial charge in [0, 0.05) is 4.47 Å². The van der Waals surface area contributed by atoms with Crippen LogP contribution in [0, 0.1) is 12.3 Å². The van der Waals surface area contributed by atoms with Crippen LogP contribution in [0.3, 0.4) is 0 Å². The molecule has 1 heterocycles. The molecular weight excluding hydrogens is 230 g/mol. The van der Waals surface area contributed by atoms with Crippen molar-refractivity contribution in [1.82, 2.24) is 15.0 Å². The Morgan fingerprint density at radius 3 is 3.00 bits per heavy atom. The summed E-state index contributed by atoms with van der Waals surface area (Å²) in [5, 5.41) is 8.41. The molecule has 0 unspecified atom stereocenters. The molecule has 4 heteroatoms. The predicted octanol–water partition coefficient (Wildman–Crippen LogP) is 1.83. The monoisotopic (exact) mass is 235 g/mol. The number of halogens is 1. The van der Waals surface area contributed by atoms with Crippen LogP contribution in [0.4, 0.5) is 0 Å². The van der Waals surface area contributed by atoms with E-state index in [2.05, 4.69) is 32.0 Å². The molecule has 0 aliphatic heterocycles. The average molecular weight is 236 g/mol. The third-order valence-electron chi connectivity index (χ3n) is 1.64. The molecule has 3 nitrogen and oxygen atoms in total. The number of terminal acetylenes is 1. The first-order chi connectivity index (χ1) is 6.31. The molecule has 0 saturated heterocycles. The fourth-order valence-corrected chi connectivity index (χ4v) is 1.53. The number of fused-ring (bicyclic) bond motifs is 1. The van der Waals surface area contributed by atoms with Crippen molar-refractivity contribution in [2.75, 3.05) is 0 Å². The first-order valence-corrected chi connectivity index (χ1v) is 4.53. The Morgan fingerprint density at radius 2 is 2.31 bits per heavy atom. The maximum absolute atomic E-state index is 5.16. The molecular formula is C9H6BrN3. The predicted molar refractivity (Wildman–Crippen MR) is 54.1 cm³/mol. The van der Waals surface area contributed by atoms with Crippen LogP contribution in [0.2, 0.25) is 0 Å². The van der Waals surface area contributed by atoms with Gasteiger partial charge in [0.05, 0.1) is 0 Å². The summed E-state index contributed by atoms with van der Waals surface area (Å²) in [4.78, 5) is 1.51. The van der Waals surface area contributed by atoms with Crippen molar-refractivity contribution < 1.29 is 0 Å². The van der Waals surface area contributed by atoms with E-state index in [1.54, 1.807) is 0 Å². The molecule has 0 bridgehead atoms. The lowest BCUT2D eigenvalue weighted by Gasteiger charge is -1.87. The topological polar surface area (TPSA) is 30.7 Å². The quantitative estimate of drug-likeness (QED) is 0.707. The molecule has 1 aromatic carbocycles. The molecule has 0 N–H and O–H groups in total. The van der Waals surface area contributed by atoms with Crippen molar-refractivity contribution in [2.45, 2.75) is 6.54 Å². The van der Waals surface area contributed by atoms with Gasteiger partial charge in [-0.1, -0.05) is 12.0 Å². The summed E-state index contributed by atoms with van der Waals surface area (Å²) >= 11 is 3.39. The lowest BCUT2D eigenvalue weighted by atomic mass is 10.3. The van der Waals surface area contributed by atoms with E-state index in [0.717, 1.165) is 15.5 Å². The van der Waals surface area contributed by atoms with Gasteiger partial charge in [-0.25, -0.2) is 0 Å². The summed E-state index contributed by atoms with van der Waals surface area (Å²) in [6.07, 6.45) is 5.16. The van der Waals surface area contributed by atoms with Gasteiger partial charge in [-0.2, -0.15) is 15.0 Å². The molecule has 0 aliphatic carbocycles. The molecule has 0 amide bonds. The number of benzene rings is 1. The second-order valence-corrected chi connectivity index (χ2v) is 3.40. The van der Waals surface area contributed by atoms with Gasteiger partial charge >= 0.3 is 0 Å². The normalized spacial score (nSPS) is 10.2. The van der Waals surface area contributed by atoms with Crippen molar-refractivity contribution >= 4 is 27.0 Å². The minimum Gasteiger partial charge on any atom is -0.171 e. The first-order valence-electron chi connectivity index (χ1n) is 3.74. The lowest BCUT2D eigenvalue weighted by molar-refractivity contribution is 0.622. The minimum absolute atomic E-state index is 0.404. The van der Waals surface area contributed by atoms with Crippen molar-refractivity contribution in [3.05, 3.63) is 22.7 Å². The van der Waals surface area contributed by atoms with E-state index in [9.17, 15) is 0 Å². The van der Waals surface area contributed by atoms with Gasteiger partial charge in [-0.3, -0.25) is 0 Å². The maximum Gasteiger partial charge on any atom is 0.127 e. The Labute approximate surface area is 83.9 Å². The fraction of sp³-hybridized carbons (Fsp3) is 0.111. The molecule has 0 saturated carbocycles. The van der Waals surface area contributed by atoms with E-state index >= 15 is 0 Å². The number of nitrogens with zero attached hydrogens (tertiary/aromatic N) is 3. The number of rotatable bonds is 1. The van der Waals surface area contributed by atoms with Crippen molar-refractivity contribution in [3.8, 4) is 12.3 Å². The number of hydrogen-bond acceptors (Lipinski definition) is 2. The molecule has 0 aliphatic rings. The van der Waals surface area contributed by atoms with Crippen LogP contribution in [0.1, 0.15) is 0 Å². The van der Waals surface area contributed by atoms with E-state index in [1.807, 2.05) is 18.2 Å². The molecule has 0 atom stereocenters. The Balaban J connectivity index is 2.63. The van der Waals surface area contributed by atoms with Crippen molar-refractivity contribution in [3.63, 3.8) is 0 Å². The third-order valence-corrected chi connectivity index (χ3v) is 2.28. The van der Waals surface area contributed by atoms with Gasteiger partial charge in [0.25, 0.3) is 0 Å². The van der Waals surface area contributed by atoms with Crippen LogP contribution in [0.25, 0.3) is 11.0 Å². The molecule has 64 valence electrons. The Kier molecular flexibility index (Phi) is 2.03. The highest BCUT2D eigenvalue weighted by Gasteiger charge is 2.03. The molecule has 0 radical (unpaired) electrons. The minimum atomic E-state index is 0.404. The van der Waals surface area contributed by atoms with Crippen LogP contribution < -0.4 is 0 Å². The van der Waals surface area contributed by atoms with Gasteiger partial charge in [0.2, 0.25) is 0 Å².